The van der Waals surface area contributed by atoms with E-state index in [4.69, 9.17) is 14.2 Å². The average molecular weight is 553 g/mol. The van der Waals surface area contributed by atoms with Crippen LogP contribution in [-0.4, -0.2) is 24.8 Å². The summed E-state index contributed by atoms with van der Waals surface area (Å²) in [4.78, 5) is 17.6. The lowest BCUT2D eigenvalue weighted by Crippen LogP contribution is -2.19. The van der Waals surface area contributed by atoms with Crippen LogP contribution in [0.1, 0.15) is 23.6 Å². The second-order valence-electron chi connectivity index (χ2n) is 7.72. The number of amidine groups is 1. The highest BCUT2D eigenvalue weighted by Crippen LogP contribution is 2.39. The van der Waals surface area contributed by atoms with Gasteiger partial charge in [-0.1, -0.05) is 29.8 Å². The number of aliphatic imine (C=N–C) groups is 1. The first kappa shape index (κ1) is 24.9. The predicted molar refractivity (Wildman–Crippen MR) is 145 cm³/mol. The van der Waals surface area contributed by atoms with Gasteiger partial charge in [-0.3, -0.25) is 4.79 Å². The van der Waals surface area contributed by atoms with Crippen LogP contribution in [-0.2, 0) is 11.4 Å². The number of carbonyl (C=O) groups excluding carboxylic acids is 1. The molecule has 3 aromatic carbocycles. The number of hydrogen-bond acceptors (Lipinski definition) is 6. The summed E-state index contributed by atoms with van der Waals surface area (Å²) < 4.78 is 17.8. The molecule has 8 heteroatoms. The van der Waals surface area contributed by atoms with Gasteiger partial charge in [-0.15, -0.1) is 0 Å². The summed E-state index contributed by atoms with van der Waals surface area (Å²) in [6, 6.07) is 19.3. The van der Waals surface area contributed by atoms with Crippen LogP contribution in [0.4, 0.5) is 5.69 Å². The average Bonchev–Trinajstić information content (AvgIpc) is 3.18. The summed E-state index contributed by atoms with van der Waals surface area (Å²) in [6.45, 7) is 5.01. The third-order valence-electron chi connectivity index (χ3n) is 5.08. The van der Waals surface area contributed by atoms with Crippen LogP contribution in [0.3, 0.4) is 0 Å². The highest BCUT2D eigenvalue weighted by atomic mass is 79.9. The number of carbonyl (C=O) groups is 1. The van der Waals surface area contributed by atoms with Crippen molar-refractivity contribution in [2.24, 2.45) is 4.99 Å². The molecule has 1 N–H and O–H groups in total. The van der Waals surface area contributed by atoms with E-state index in [0.717, 1.165) is 27.0 Å². The first-order valence-electron chi connectivity index (χ1n) is 11.0. The number of thioether (sulfide) groups is 1. The van der Waals surface area contributed by atoms with Gasteiger partial charge in [-0.25, -0.2) is 4.99 Å². The third-order valence-corrected chi connectivity index (χ3v) is 6.58. The number of benzene rings is 3. The van der Waals surface area contributed by atoms with Crippen LogP contribution in [0.5, 0.6) is 17.2 Å². The Morgan fingerprint density at radius 3 is 2.49 bits per heavy atom. The molecule has 0 atom stereocenters. The van der Waals surface area contributed by atoms with Gasteiger partial charge in [0.2, 0.25) is 0 Å². The van der Waals surface area contributed by atoms with Crippen molar-refractivity contribution in [1.29, 1.82) is 0 Å². The molecule has 0 unspecified atom stereocenters. The van der Waals surface area contributed by atoms with E-state index >= 15 is 0 Å². The molecule has 35 heavy (non-hydrogen) atoms. The van der Waals surface area contributed by atoms with Crippen LogP contribution < -0.4 is 19.5 Å². The SMILES string of the molecule is CCOc1ccc(N=C2NC(=O)/C(=C\c3cc(Br)c(OCc4ccc(C)cc4)c(OC)c3)S2)cc1. The van der Waals surface area contributed by atoms with Crippen molar-refractivity contribution in [1.82, 2.24) is 5.32 Å². The number of aryl methyl sites for hydroxylation is 1. The highest BCUT2D eigenvalue weighted by molar-refractivity contribution is 9.10. The number of rotatable bonds is 8. The first-order valence-corrected chi connectivity index (χ1v) is 12.6. The number of nitrogens with one attached hydrogen (secondary N) is 1. The van der Waals surface area contributed by atoms with Crippen molar-refractivity contribution in [3.8, 4) is 17.2 Å². The number of methoxy groups -OCH3 is 1. The molecule has 6 nitrogen and oxygen atoms in total. The van der Waals surface area contributed by atoms with Crippen molar-refractivity contribution >= 4 is 50.5 Å². The number of hydrogen-bond donors (Lipinski definition) is 1. The number of halogens is 1. The lowest BCUT2D eigenvalue weighted by molar-refractivity contribution is -0.115. The molecular weight excluding hydrogens is 528 g/mol. The minimum Gasteiger partial charge on any atom is -0.494 e. The summed E-state index contributed by atoms with van der Waals surface area (Å²) in [5.74, 6) is 1.77. The Bertz CT molecular complexity index is 1270. The molecule has 0 bridgehead atoms. The number of amides is 1. The van der Waals surface area contributed by atoms with Crippen molar-refractivity contribution in [3.05, 3.63) is 86.7 Å². The lowest BCUT2D eigenvalue weighted by atomic mass is 10.1. The zero-order valence-corrected chi connectivity index (χ0v) is 22.0. The van der Waals surface area contributed by atoms with E-state index in [1.54, 1.807) is 13.2 Å². The summed E-state index contributed by atoms with van der Waals surface area (Å²) in [7, 11) is 1.59. The molecule has 3 aromatic rings. The molecule has 0 radical (unpaired) electrons. The Balaban J connectivity index is 1.49. The Hall–Kier alpha value is -3.23. The van der Waals surface area contributed by atoms with Crippen LogP contribution >= 0.6 is 27.7 Å². The van der Waals surface area contributed by atoms with Gasteiger partial charge < -0.3 is 19.5 Å². The fourth-order valence-electron chi connectivity index (χ4n) is 3.34. The molecule has 4 rings (SSSR count). The molecule has 0 aliphatic carbocycles. The summed E-state index contributed by atoms with van der Waals surface area (Å²) in [6.07, 6.45) is 1.80. The zero-order chi connectivity index (χ0) is 24.8. The molecule has 1 amide bonds. The molecule has 1 saturated heterocycles. The van der Waals surface area contributed by atoms with Crippen LogP contribution in [0.2, 0.25) is 0 Å². The molecule has 180 valence electrons. The second-order valence-corrected chi connectivity index (χ2v) is 9.60. The van der Waals surface area contributed by atoms with E-state index < -0.39 is 0 Å². The van der Waals surface area contributed by atoms with Gasteiger partial charge in [0.05, 0.1) is 28.8 Å². The fraction of sp³-hybridized carbons (Fsp3) is 0.185. The second kappa shape index (κ2) is 11.5. The lowest BCUT2D eigenvalue weighted by Gasteiger charge is -2.14. The topological polar surface area (TPSA) is 69.2 Å². The smallest absolute Gasteiger partial charge is 0.264 e. The molecule has 1 aliphatic rings. The summed E-state index contributed by atoms with van der Waals surface area (Å²) in [5, 5.41) is 3.34. The van der Waals surface area contributed by atoms with Crippen molar-refractivity contribution in [3.63, 3.8) is 0 Å². The van der Waals surface area contributed by atoms with Crippen molar-refractivity contribution in [2.75, 3.05) is 13.7 Å². The number of nitrogens with zero attached hydrogens (tertiary/aromatic N) is 1. The van der Waals surface area contributed by atoms with Gasteiger partial charge in [0.1, 0.15) is 12.4 Å². The van der Waals surface area contributed by atoms with Crippen molar-refractivity contribution < 1.29 is 19.0 Å². The first-order chi connectivity index (χ1) is 16.9. The molecule has 1 aliphatic heterocycles. The molecule has 0 saturated carbocycles. The standard InChI is InChI=1S/C27H25BrN2O4S/c1-4-33-21-11-9-20(10-12-21)29-27-30-26(31)24(35-27)15-19-13-22(28)25(23(14-19)32-3)34-16-18-7-5-17(2)6-8-18/h5-15H,4,16H2,1-3H3,(H,29,30,31)/b24-15+. The molecule has 0 spiro atoms. The monoisotopic (exact) mass is 552 g/mol. The van der Waals surface area contributed by atoms with Crippen molar-refractivity contribution in [2.45, 2.75) is 20.5 Å². The van der Waals surface area contributed by atoms with Gasteiger partial charge in [0.15, 0.2) is 16.7 Å². The van der Waals surface area contributed by atoms with E-state index in [-0.39, 0.29) is 5.91 Å². The molecule has 0 aromatic heterocycles. The van der Waals surface area contributed by atoms with Gasteiger partial charge in [-0.2, -0.15) is 0 Å². The van der Waals surface area contributed by atoms with E-state index in [2.05, 4.69) is 45.3 Å². The largest absolute Gasteiger partial charge is 0.494 e. The van der Waals surface area contributed by atoms with E-state index in [1.165, 1.54) is 17.3 Å². The van der Waals surface area contributed by atoms with E-state index in [0.29, 0.717) is 34.8 Å². The van der Waals surface area contributed by atoms with E-state index in [1.807, 2.05) is 55.5 Å². The Kier molecular flexibility index (Phi) is 8.15. The minimum absolute atomic E-state index is 0.200. The van der Waals surface area contributed by atoms with Gasteiger partial charge >= 0.3 is 0 Å². The summed E-state index contributed by atoms with van der Waals surface area (Å²) in [5.41, 5.74) is 3.80. The normalized spacial score (nSPS) is 15.4. The van der Waals surface area contributed by atoms with Gasteiger partial charge in [0.25, 0.3) is 5.91 Å². The Morgan fingerprint density at radius 2 is 1.80 bits per heavy atom. The molecule has 1 heterocycles. The summed E-state index contributed by atoms with van der Waals surface area (Å²) >= 11 is 4.87. The fourth-order valence-corrected chi connectivity index (χ4v) is 4.75. The minimum atomic E-state index is -0.200. The quantitative estimate of drug-likeness (QED) is 0.317. The maximum Gasteiger partial charge on any atom is 0.264 e. The molecular formula is C27H25BrN2O4S. The van der Waals surface area contributed by atoms with Crippen LogP contribution in [0.25, 0.3) is 6.08 Å². The Morgan fingerprint density at radius 1 is 1.06 bits per heavy atom. The maximum atomic E-state index is 12.5. The molecule has 1 fully saturated rings. The predicted octanol–water partition coefficient (Wildman–Crippen LogP) is 6.64. The van der Waals surface area contributed by atoms with Gasteiger partial charge in [0, 0.05) is 0 Å². The maximum absolute atomic E-state index is 12.5. The third kappa shape index (κ3) is 6.46. The number of ether oxygens (including phenoxy) is 3. The van der Waals surface area contributed by atoms with Crippen LogP contribution in [0, 0.1) is 6.92 Å². The van der Waals surface area contributed by atoms with Gasteiger partial charge in [-0.05, 0) is 95.1 Å². The zero-order valence-electron chi connectivity index (χ0n) is 19.6. The van der Waals surface area contributed by atoms with Crippen LogP contribution in [0.15, 0.2) is 75.0 Å². The highest BCUT2D eigenvalue weighted by Gasteiger charge is 2.24. The Labute approximate surface area is 217 Å². The van der Waals surface area contributed by atoms with E-state index in [9.17, 15) is 4.79 Å².